The summed E-state index contributed by atoms with van der Waals surface area (Å²) in [6.07, 6.45) is 1.38. The maximum Gasteiger partial charge on any atom is 0.236 e. The Hall–Kier alpha value is -1.41. The lowest BCUT2D eigenvalue weighted by atomic mass is 10.6. The van der Waals surface area contributed by atoms with Crippen LogP contribution in [-0.4, -0.2) is 24.9 Å². The van der Waals surface area contributed by atoms with E-state index in [9.17, 15) is 0 Å². The summed E-state index contributed by atoms with van der Waals surface area (Å²) in [4.78, 5) is 3.93. The van der Waals surface area contributed by atoms with Gasteiger partial charge in [0.05, 0.1) is 12.3 Å². The molecule has 0 aromatic carbocycles. The minimum absolute atomic E-state index is 0.391. The Morgan fingerprint density at radius 2 is 2.38 bits per heavy atom. The van der Waals surface area contributed by atoms with Crippen molar-refractivity contribution in [3.8, 4) is 0 Å². The first-order chi connectivity index (χ1) is 7.85. The molecule has 0 fully saturated rings. The van der Waals surface area contributed by atoms with E-state index >= 15 is 0 Å². The number of hydrogen-bond donors (Lipinski definition) is 1. The van der Waals surface area contributed by atoms with E-state index in [0.717, 1.165) is 17.5 Å². The van der Waals surface area contributed by atoms with Crippen molar-refractivity contribution in [3.05, 3.63) is 18.0 Å². The molecule has 86 valence electrons. The normalized spacial score (nSPS) is 10.9. The highest BCUT2D eigenvalue weighted by Crippen LogP contribution is 2.20. The molecule has 8 heteroatoms. The summed E-state index contributed by atoms with van der Waals surface area (Å²) in [6.45, 7) is 3.22. The van der Waals surface area contributed by atoms with Gasteiger partial charge in [0.2, 0.25) is 5.89 Å². The van der Waals surface area contributed by atoms with E-state index in [1.165, 1.54) is 18.1 Å². The van der Waals surface area contributed by atoms with Gasteiger partial charge in [0, 0.05) is 6.54 Å². The molecule has 16 heavy (non-hydrogen) atoms. The minimum atomic E-state index is 0.391. The fourth-order valence-electron chi connectivity index (χ4n) is 1.28. The smallest absolute Gasteiger partial charge is 0.236 e. The number of nitrogens with two attached hydrogens (primary N) is 1. The van der Waals surface area contributed by atoms with Gasteiger partial charge in [-0.3, -0.25) is 0 Å². The fraction of sp³-hybridized carbons (Fsp3) is 0.500. The van der Waals surface area contributed by atoms with Gasteiger partial charge in [-0.1, -0.05) is 16.9 Å². The van der Waals surface area contributed by atoms with Crippen LogP contribution in [0.3, 0.4) is 0 Å². The highest BCUT2D eigenvalue weighted by molar-refractivity contribution is 7.98. The van der Waals surface area contributed by atoms with Gasteiger partial charge in [0.25, 0.3) is 0 Å². The van der Waals surface area contributed by atoms with Crippen LogP contribution in [0.15, 0.2) is 16.0 Å². The minimum Gasteiger partial charge on any atom is -0.339 e. The van der Waals surface area contributed by atoms with Gasteiger partial charge in [-0.15, -0.1) is 10.2 Å². The maximum atomic E-state index is 5.56. The first-order valence-electron chi connectivity index (χ1n) is 4.85. The molecule has 0 atom stereocenters. The zero-order valence-corrected chi connectivity index (χ0v) is 9.65. The third-order valence-corrected chi connectivity index (χ3v) is 2.98. The topological polar surface area (TPSA) is 95.7 Å². The Kier molecular flexibility index (Phi) is 3.52. The first kappa shape index (κ1) is 11.1. The van der Waals surface area contributed by atoms with Gasteiger partial charge >= 0.3 is 0 Å². The van der Waals surface area contributed by atoms with E-state index in [1.807, 2.05) is 11.5 Å². The second-order valence-corrected chi connectivity index (χ2v) is 3.91. The molecule has 2 heterocycles. The van der Waals surface area contributed by atoms with Crippen molar-refractivity contribution in [3.63, 3.8) is 0 Å². The van der Waals surface area contributed by atoms with Crippen molar-refractivity contribution < 1.29 is 4.52 Å². The van der Waals surface area contributed by atoms with Crippen LogP contribution in [0.25, 0.3) is 0 Å². The molecule has 2 aromatic heterocycles. The number of thioether (sulfide) groups is 1. The van der Waals surface area contributed by atoms with Crippen LogP contribution >= 0.6 is 11.8 Å². The first-order valence-corrected chi connectivity index (χ1v) is 5.84. The Bertz CT molecular complexity index is 439. The van der Waals surface area contributed by atoms with Gasteiger partial charge in [-0.25, -0.2) is 0 Å². The lowest BCUT2D eigenvalue weighted by Gasteiger charge is -2.03. The third-order valence-electron chi connectivity index (χ3n) is 2.02. The molecule has 0 bridgehead atoms. The number of aromatic nitrogens is 5. The highest BCUT2D eigenvalue weighted by atomic mass is 32.2. The molecular weight excluding hydrogens is 228 g/mol. The molecule has 0 radical (unpaired) electrons. The number of hydrogen-bond acceptors (Lipinski definition) is 7. The van der Waals surface area contributed by atoms with Crippen molar-refractivity contribution in [1.82, 2.24) is 24.9 Å². The zero-order valence-electron chi connectivity index (χ0n) is 8.83. The Balaban J connectivity index is 2.06. The summed E-state index contributed by atoms with van der Waals surface area (Å²) in [5.74, 6) is 1.95. The standard InChI is InChI=1S/C8H12N6OS/c1-2-14-6(3-9)12-13-8(14)16-4-7-10-5-11-15-7/h5H,2-4,9H2,1H3. The Morgan fingerprint density at radius 3 is 3.00 bits per heavy atom. The predicted molar refractivity (Wildman–Crippen MR) is 57.4 cm³/mol. The monoisotopic (exact) mass is 240 g/mol. The number of nitrogens with zero attached hydrogens (tertiary/aromatic N) is 5. The Labute approximate surface area is 96.4 Å². The van der Waals surface area contributed by atoms with Crippen LogP contribution in [0, 0.1) is 0 Å². The molecule has 0 saturated heterocycles. The van der Waals surface area contributed by atoms with Crippen LogP contribution in [-0.2, 0) is 18.8 Å². The van der Waals surface area contributed by atoms with E-state index in [4.69, 9.17) is 10.3 Å². The van der Waals surface area contributed by atoms with E-state index in [0.29, 0.717) is 18.2 Å². The molecule has 0 aliphatic heterocycles. The summed E-state index contributed by atoms with van der Waals surface area (Å²) in [6, 6.07) is 0. The SMILES string of the molecule is CCn1c(CN)nnc1SCc1ncno1. The molecule has 0 spiro atoms. The highest BCUT2D eigenvalue weighted by Gasteiger charge is 2.11. The summed E-state index contributed by atoms with van der Waals surface area (Å²) in [5.41, 5.74) is 5.56. The van der Waals surface area contributed by atoms with Crippen molar-refractivity contribution in [2.75, 3.05) is 0 Å². The van der Waals surface area contributed by atoms with Crippen LogP contribution in [0.1, 0.15) is 18.6 Å². The molecule has 2 aromatic rings. The van der Waals surface area contributed by atoms with E-state index in [-0.39, 0.29) is 0 Å². The Morgan fingerprint density at radius 1 is 1.50 bits per heavy atom. The molecule has 0 aliphatic carbocycles. The molecule has 0 saturated carbocycles. The summed E-state index contributed by atoms with van der Waals surface area (Å²) in [5, 5.41) is 12.4. The summed E-state index contributed by atoms with van der Waals surface area (Å²) < 4.78 is 6.87. The molecular formula is C8H12N6OS. The lowest BCUT2D eigenvalue weighted by Crippen LogP contribution is -2.08. The van der Waals surface area contributed by atoms with Crippen molar-refractivity contribution >= 4 is 11.8 Å². The van der Waals surface area contributed by atoms with Crippen LogP contribution in [0.2, 0.25) is 0 Å². The molecule has 0 aliphatic rings. The molecule has 2 N–H and O–H groups in total. The van der Waals surface area contributed by atoms with E-state index in [2.05, 4.69) is 20.3 Å². The molecule has 7 nitrogen and oxygen atoms in total. The van der Waals surface area contributed by atoms with Crippen LogP contribution in [0.4, 0.5) is 0 Å². The third kappa shape index (κ3) is 2.22. The molecule has 2 rings (SSSR count). The second-order valence-electron chi connectivity index (χ2n) is 2.97. The van der Waals surface area contributed by atoms with Crippen molar-refractivity contribution in [2.45, 2.75) is 30.9 Å². The molecule has 0 amide bonds. The fourth-order valence-corrected chi connectivity index (χ4v) is 2.15. The largest absolute Gasteiger partial charge is 0.339 e. The average molecular weight is 240 g/mol. The molecule has 0 unspecified atom stereocenters. The number of rotatable bonds is 5. The summed E-state index contributed by atoms with van der Waals surface area (Å²) >= 11 is 1.50. The average Bonchev–Trinajstić information content (AvgIpc) is 2.94. The van der Waals surface area contributed by atoms with Gasteiger partial charge in [0.15, 0.2) is 11.5 Å². The van der Waals surface area contributed by atoms with Gasteiger partial charge in [-0.05, 0) is 6.92 Å². The van der Waals surface area contributed by atoms with Crippen LogP contribution in [0.5, 0.6) is 0 Å². The zero-order chi connectivity index (χ0) is 11.4. The van der Waals surface area contributed by atoms with Crippen molar-refractivity contribution in [1.29, 1.82) is 0 Å². The van der Waals surface area contributed by atoms with Gasteiger partial charge in [0.1, 0.15) is 5.82 Å². The lowest BCUT2D eigenvalue weighted by molar-refractivity contribution is 0.390. The summed E-state index contributed by atoms with van der Waals surface area (Å²) in [7, 11) is 0. The van der Waals surface area contributed by atoms with Gasteiger partial charge in [-0.2, -0.15) is 4.98 Å². The maximum absolute atomic E-state index is 5.56. The van der Waals surface area contributed by atoms with E-state index in [1.54, 1.807) is 0 Å². The second kappa shape index (κ2) is 5.08. The van der Waals surface area contributed by atoms with E-state index < -0.39 is 0 Å². The van der Waals surface area contributed by atoms with Gasteiger partial charge < -0.3 is 14.8 Å². The predicted octanol–water partition coefficient (Wildman–Crippen LogP) is 0.432. The van der Waals surface area contributed by atoms with Crippen molar-refractivity contribution in [2.24, 2.45) is 5.73 Å². The quantitative estimate of drug-likeness (QED) is 0.757. The van der Waals surface area contributed by atoms with Crippen LogP contribution < -0.4 is 5.73 Å².